The maximum atomic E-state index is 12.9. The molecule has 0 spiro atoms. The Morgan fingerprint density at radius 2 is 1.93 bits per heavy atom. The molecule has 0 radical (unpaired) electrons. The fraction of sp³-hybridized carbons (Fsp3) is 0.300. The van der Waals surface area contributed by atoms with Gasteiger partial charge in [-0.15, -0.1) is 11.8 Å². The summed E-state index contributed by atoms with van der Waals surface area (Å²) in [7, 11) is -3.71. The molecular formula is C20H22N2O4S2. The summed E-state index contributed by atoms with van der Waals surface area (Å²) in [5, 5.41) is 4.53. The van der Waals surface area contributed by atoms with Crippen LogP contribution < -0.4 is 10.6 Å². The number of hydrogen-bond acceptors (Lipinski definition) is 5. The van der Waals surface area contributed by atoms with E-state index in [0.29, 0.717) is 17.1 Å². The normalized spacial score (nSPS) is 14.7. The molecule has 0 bridgehead atoms. The van der Waals surface area contributed by atoms with E-state index in [1.807, 2.05) is 19.1 Å². The van der Waals surface area contributed by atoms with Gasteiger partial charge in [-0.1, -0.05) is 19.1 Å². The average Bonchev–Trinajstić information content (AvgIpc) is 2.67. The molecule has 8 heteroatoms. The van der Waals surface area contributed by atoms with Crippen molar-refractivity contribution in [3.05, 3.63) is 48.0 Å². The van der Waals surface area contributed by atoms with Crippen LogP contribution in [0.3, 0.4) is 0 Å². The molecule has 0 saturated heterocycles. The van der Waals surface area contributed by atoms with Crippen molar-refractivity contribution >= 4 is 44.8 Å². The van der Waals surface area contributed by atoms with E-state index in [0.717, 1.165) is 16.9 Å². The van der Waals surface area contributed by atoms with Crippen LogP contribution in [0.4, 0.5) is 11.4 Å². The first-order chi connectivity index (χ1) is 13.3. The minimum Gasteiger partial charge on any atom is -0.326 e. The van der Waals surface area contributed by atoms with Gasteiger partial charge in [-0.2, -0.15) is 0 Å². The van der Waals surface area contributed by atoms with Crippen LogP contribution >= 0.6 is 11.8 Å². The lowest BCUT2D eigenvalue weighted by molar-refractivity contribution is -0.116. The quantitative estimate of drug-likeness (QED) is 0.749. The molecule has 6 nitrogen and oxygen atoms in total. The number of hydrogen-bond donors (Lipinski definition) is 2. The van der Waals surface area contributed by atoms with Crippen molar-refractivity contribution in [3.8, 4) is 0 Å². The van der Waals surface area contributed by atoms with Crippen molar-refractivity contribution < 1.29 is 18.0 Å². The molecule has 1 aliphatic rings. The molecule has 0 aromatic heterocycles. The molecule has 1 atom stereocenters. The number of nitrogens with one attached hydrogen (secondary N) is 2. The first-order valence-electron chi connectivity index (χ1n) is 8.99. The first-order valence-corrected chi connectivity index (χ1v) is 11.5. The monoisotopic (exact) mass is 418 g/mol. The zero-order chi connectivity index (χ0) is 20.3. The minimum absolute atomic E-state index is 0.0987. The van der Waals surface area contributed by atoms with Gasteiger partial charge in [0, 0.05) is 17.0 Å². The van der Waals surface area contributed by atoms with Crippen LogP contribution in [0.1, 0.15) is 25.8 Å². The number of fused-ring (bicyclic) bond motifs is 1. The number of amides is 2. The van der Waals surface area contributed by atoms with Crippen LogP contribution in [0, 0.1) is 0 Å². The van der Waals surface area contributed by atoms with Crippen LogP contribution in [0.15, 0.2) is 52.3 Å². The largest absolute Gasteiger partial charge is 0.326 e. The van der Waals surface area contributed by atoms with Crippen LogP contribution in [0.2, 0.25) is 0 Å². The zero-order valence-electron chi connectivity index (χ0n) is 15.7. The lowest BCUT2D eigenvalue weighted by Crippen LogP contribution is -2.25. The molecule has 148 valence electrons. The van der Waals surface area contributed by atoms with E-state index in [1.54, 1.807) is 18.2 Å². The Morgan fingerprint density at radius 1 is 1.21 bits per heavy atom. The fourth-order valence-electron chi connectivity index (χ4n) is 2.88. The van der Waals surface area contributed by atoms with E-state index >= 15 is 0 Å². The lowest BCUT2D eigenvalue weighted by atomic mass is 10.1. The lowest BCUT2D eigenvalue weighted by Gasteiger charge is -2.18. The van der Waals surface area contributed by atoms with Gasteiger partial charge in [0.2, 0.25) is 11.8 Å². The number of benzene rings is 2. The van der Waals surface area contributed by atoms with Crippen molar-refractivity contribution in [2.45, 2.75) is 41.7 Å². The predicted octanol–water partition coefficient (Wildman–Crippen LogP) is 3.48. The van der Waals surface area contributed by atoms with E-state index in [4.69, 9.17) is 0 Å². The number of carbonyl (C=O) groups excluding carboxylic acids is 2. The van der Waals surface area contributed by atoms with Gasteiger partial charge in [-0.05, 0) is 49.2 Å². The summed E-state index contributed by atoms with van der Waals surface area (Å²) in [6.07, 6.45) is 0.749. The van der Waals surface area contributed by atoms with Crippen molar-refractivity contribution in [2.24, 2.45) is 0 Å². The smallest absolute Gasteiger partial charge is 0.234 e. The van der Waals surface area contributed by atoms with Crippen molar-refractivity contribution in [3.63, 3.8) is 0 Å². The molecule has 2 aromatic rings. The molecule has 2 amide bonds. The number of aryl methyl sites for hydroxylation is 1. The molecule has 28 heavy (non-hydrogen) atoms. The van der Waals surface area contributed by atoms with Gasteiger partial charge >= 0.3 is 0 Å². The van der Waals surface area contributed by atoms with Gasteiger partial charge < -0.3 is 10.6 Å². The van der Waals surface area contributed by atoms with Gasteiger partial charge in [0.15, 0.2) is 9.84 Å². The molecule has 0 fully saturated rings. The van der Waals surface area contributed by atoms with E-state index in [1.165, 1.54) is 30.8 Å². The third-order valence-corrected chi connectivity index (χ3v) is 7.77. The number of anilines is 2. The highest BCUT2D eigenvalue weighted by Gasteiger charge is 2.27. The number of thioether (sulfide) groups is 1. The minimum atomic E-state index is -3.71. The summed E-state index contributed by atoms with van der Waals surface area (Å²) in [6.45, 7) is 3.56. The van der Waals surface area contributed by atoms with Crippen LogP contribution in [0.25, 0.3) is 0 Å². The standard InChI is InChI=1S/C20H22N2O4S2/c1-3-14-4-6-15(7-5-14)21-19(23)10-13(2)28(25,26)16-8-9-18-17(11-16)22-20(24)12-27-18/h4-9,11,13H,3,10,12H2,1-2H3,(H,21,23)(H,22,24). The van der Waals surface area contributed by atoms with Crippen LogP contribution in [0.5, 0.6) is 0 Å². The molecule has 1 unspecified atom stereocenters. The number of sulfone groups is 1. The SMILES string of the molecule is CCc1ccc(NC(=O)CC(C)S(=O)(=O)c2ccc3c(c2)NC(=O)CS3)cc1. The average molecular weight is 419 g/mol. The van der Waals surface area contributed by atoms with Crippen LogP contribution in [-0.2, 0) is 25.8 Å². The summed E-state index contributed by atoms with van der Waals surface area (Å²) in [5.74, 6) is -0.203. The Hall–Kier alpha value is -2.32. The second kappa shape index (κ2) is 8.36. The summed E-state index contributed by atoms with van der Waals surface area (Å²) in [4.78, 5) is 24.8. The molecule has 1 aliphatic heterocycles. The Kier molecular flexibility index (Phi) is 6.10. The molecule has 2 aromatic carbocycles. The molecule has 1 heterocycles. The first kappa shape index (κ1) is 20.4. The molecule has 2 N–H and O–H groups in total. The predicted molar refractivity (Wildman–Crippen MR) is 112 cm³/mol. The third-order valence-electron chi connectivity index (χ3n) is 4.56. The Morgan fingerprint density at radius 3 is 2.61 bits per heavy atom. The third kappa shape index (κ3) is 4.56. The molecular weight excluding hydrogens is 396 g/mol. The maximum absolute atomic E-state index is 12.9. The van der Waals surface area contributed by atoms with Crippen molar-refractivity contribution in [1.29, 1.82) is 0 Å². The molecule has 0 saturated carbocycles. The van der Waals surface area contributed by atoms with Gasteiger partial charge in [-0.3, -0.25) is 9.59 Å². The number of rotatable bonds is 6. The Bertz CT molecular complexity index is 1000. The molecule has 3 rings (SSSR count). The van der Waals surface area contributed by atoms with E-state index in [-0.39, 0.29) is 23.1 Å². The van der Waals surface area contributed by atoms with Crippen molar-refractivity contribution in [2.75, 3.05) is 16.4 Å². The summed E-state index contributed by atoms with van der Waals surface area (Å²) < 4.78 is 25.7. The highest BCUT2D eigenvalue weighted by Crippen LogP contribution is 2.34. The van der Waals surface area contributed by atoms with Gasteiger partial charge in [-0.25, -0.2) is 8.42 Å². The highest BCUT2D eigenvalue weighted by atomic mass is 32.2. The van der Waals surface area contributed by atoms with E-state index in [9.17, 15) is 18.0 Å². The molecule has 0 aliphatic carbocycles. The van der Waals surface area contributed by atoms with Crippen molar-refractivity contribution in [1.82, 2.24) is 0 Å². The van der Waals surface area contributed by atoms with E-state index < -0.39 is 15.1 Å². The maximum Gasteiger partial charge on any atom is 0.234 e. The summed E-state index contributed by atoms with van der Waals surface area (Å²) in [5.41, 5.74) is 2.29. The fourth-order valence-corrected chi connectivity index (χ4v) is 5.04. The van der Waals surface area contributed by atoms with Gasteiger partial charge in [0.05, 0.1) is 21.6 Å². The summed E-state index contributed by atoms with van der Waals surface area (Å²) in [6, 6.07) is 12.1. The second-order valence-electron chi connectivity index (χ2n) is 6.65. The van der Waals surface area contributed by atoms with Gasteiger partial charge in [0.1, 0.15) is 0 Å². The second-order valence-corrected chi connectivity index (χ2v) is 10.0. The number of carbonyl (C=O) groups is 2. The topological polar surface area (TPSA) is 92.3 Å². The zero-order valence-corrected chi connectivity index (χ0v) is 17.3. The Labute approximate surface area is 169 Å². The Balaban J connectivity index is 1.70. The highest BCUT2D eigenvalue weighted by molar-refractivity contribution is 8.00. The van der Waals surface area contributed by atoms with Gasteiger partial charge in [0.25, 0.3) is 0 Å². The van der Waals surface area contributed by atoms with E-state index in [2.05, 4.69) is 10.6 Å². The van der Waals surface area contributed by atoms with Crippen LogP contribution in [-0.4, -0.2) is 31.2 Å². The summed E-state index contributed by atoms with van der Waals surface area (Å²) >= 11 is 1.37.